The van der Waals surface area contributed by atoms with E-state index in [1.165, 1.54) is 11.3 Å². The van der Waals surface area contributed by atoms with E-state index in [9.17, 15) is 22.8 Å². The van der Waals surface area contributed by atoms with E-state index in [1.54, 1.807) is 6.92 Å². The third kappa shape index (κ3) is 4.52. The van der Waals surface area contributed by atoms with E-state index in [0.29, 0.717) is 16.3 Å². The fourth-order valence-electron chi connectivity index (χ4n) is 3.88. The molecule has 0 saturated heterocycles. The highest BCUT2D eigenvalue weighted by Gasteiger charge is 2.42. The number of nitrogens with one attached hydrogen (secondary N) is 1. The number of carbonyl (C=O) groups excluding carboxylic acids is 2. The highest BCUT2D eigenvalue weighted by molar-refractivity contribution is 9.10. The summed E-state index contributed by atoms with van der Waals surface area (Å²) < 4.78 is 46.1. The average molecular weight is 520 g/mol. The van der Waals surface area contributed by atoms with E-state index in [0.717, 1.165) is 53.6 Å². The van der Waals surface area contributed by atoms with E-state index < -0.39 is 23.7 Å². The Morgan fingerprint density at radius 3 is 2.65 bits per heavy atom. The van der Waals surface area contributed by atoms with Gasteiger partial charge in [-0.3, -0.25) is 9.48 Å². The van der Waals surface area contributed by atoms with Gasteiger partial charge in [0.2, 0.25) is 5.91 Å². The molecule has 1 fully saturated rings. The van der Waals surface area contributed by atoms with Crippen LogP contribution in [0.3, 0.4) is 0 Å². The molecule has 168 valence electrons. The minimum atomic E-state index is -4.62. The summed E-state index contributed by atoms with van der Waals surface area (Å²) in [6.07, 6.45) is 0.429. The van der Waals surface area contributed by atoms with Gasteiger partial charge in [0, 0.05) is 10.8 Å². The number of aromatic nitrogens is 2. The molecule has 0 unspecified atom stereocenters. The van der Waals surface area contributed by atoms with Gasteiger partial charge < -0.3 is 10.1 Å². The number of amides is 1. The SMILES string of the molecule is CCOC(=O)c1c(NC(=O)Cn2nc(C(F)(F)F)c(Br)c2C2CC2)sc2c1CCCC2. The number of fused-ring (bicyclic) bond motifs is 1. The second-order valence-corrected chi connectivity index (χ2v) is 9.56. The summed E-state index contributed by atoms with van der Waals surface area (Å²) in [5, 5.41) is 6.80. The first-order chi connectivity index (χ1) is 14.7. The molecule has 2 aromatic rings. The number of carbonyl (C=O) groups is 2. The number of hydrogen-bond acceptors (Lipinski definition) is 5. The molecular weight excluding hydrogens is 499 g/mol. The average Bonchev–Trinajstić information content (AvgIpc) is 3.37. The van der Waals surface area contributed by atoms with Gasteiger partial charge in [0.15, 0.2) is 5.69 Å². The molecule has 1 amide bonds. The number of alkyl halides is 3. The molecule has 0 aromatic carbocycles. The van der Waals surface area contributed by atoms with Crippen LogP contribution in [-0.2, 0) is 35.1 Å². The topological polar surface area (TPSA) is 73.2 Å². The highest BCUT2D eigenvalue weighted by atomic mass is 79.9. The Morgan fingerprint density at radius 2 is 2.00 bits per heavy atom. The maximum absolute atomic E-state index is 13.3. The molecule has 1 N–H and O–H groups in total. The Hall–Kier alpha value is -1.88. The molecule has 0 bridgehead atoms. The molecule has 1 saturated carbocycles. The predicted molar refractivity (Wildman–Crippen MR) is 112 cm³/mol. The maximum atomic E-state index is 13.3. The molecule has 2 heterocycles. The lowest BCUT2D eigenvalue weighted by molar-refractivity contribution is -0.142. The third-order valence-corrected chi connectivity index (χ3v) is 7.35. The van der Waals surface area contributed by atoms with Crippen LogP contribution in [0.25, 0.3) is 0 Å². The standard InChI is InChI=1S/C20H21BrF3N3O3S/c1-2-30-19(29)14-11-5-3-4-6-12(11)31-18(14)25-13(28)9-27-16(10-7-8-10)15(21)17(26-27)20(22,23)24/h10H,2-9H2,1H3,(H,25,28). The van der Waals surface area contributed by atoms with Crippen LogP contribution in [0, 0.1) is 0 Å². The van der Waals surface area contributed by atoms with Crippen molar-refractivity contribution in [3.05, 3.63) is 31.9 Å². The first-order valence-corrected chi connectivity index (χ1v) is 11.8. The number of hydrogen-bond donors (Lipinski definition) is 1. The molecule has 0 spiro atoms. The Balaban J connectivity index is 1.60. The molecule has 2 aliphatic rings. The normalized spacial score (nSPS) is 16.2. The zero-order chi connectivity index (χ0) is 22.3. The fraction of sp³-hybridized carbons (Fsp3) is 0.550. The number of ether oxygens (including phenoxy) is 1. The van der Waals surface area contributed by atoms with Crippen molar-refractivity contribution in [3.63, 3.8) is 0 Å². The van der Waals surface area contributed by atoms with Crippen LogP contribution in [0.5, 0.6) is 0 Å². The number of rotatable bonds is 6. The summed E-state index contributed by atoms with van der Waals surface area (Å²) in [6, 6.07) is 0. The summed E-state index contributed by atoms with van der Waals surface area (Å²) in [4.78, 5) is 26.4. The molecule has 31 heavy (non-hydrogen) atoms. The highest BCUT2D eigenvalue weighted by Crippen LogP contribution is 2.47. The molecule has 0 aliphatic heterocycles. The van der Waals surface area contributed by atoms with Gasteiger partial charge in [0.1, 0.15) is 11.5 Å². The molecule has 2 aromatic heterocycles. The fourth-order valence-corrected chi connectivity index (χ4v) is 6.00. The molecule has 2 aliphatic carbocycles. The largest absolute Gasteiger partial charge is 0.462 e. The van der Waals surface area contributed by atoms with Crippen molar-refractivity contribution >= 4 is 44.1 Å². The maximum Gasteiger partial charge on any atom is 0.436 e. The van der Waals surface area contributed by atoms with Gasteiger partial charge in [-0.1, -0.05) is 0 Å². The Kier molecular flexibility index (Phi) is 6.17. The van der Waals surface area contributed by atoms with Crippen LogP contribution < -0.4 is 5.32 Å². The minimum absolute atomic E-state index is 0.0464. The quantitative estimate of drug-likeness (QED) is 0.525. The third-order valence-electron chi connectivity index (χ3n) is 5.36. The summed E-state index contributed by atoms with van der Waals surface area (Å²) in [7, 11) is 0. The Labute approximate surface area is 189 Å². The second-order valence-electron chi connectivity index (χ2n) is 7.66. The zero-order valence-corrected chi connectivity index (χ0v) is 19.2. The van der Waals surface area contributed by atoms with Gasteiger partial charge in [-0.25, -0.2) is 4.79 Å². The first kappa shape index (κ1) is 22.3. The Bertz CT molecular complexity index is 1030. The van der Waals surface area contributed by atoms with Crippen LogP contribution in [0.1, 0.15) is 70.7 Å². The number of anilines is 1. The van der Waals surface area contributed by atoms with Crippen LogP contribution in [0.2, 0.25) is 0 Å². The number of thiophene rings is 1. The number of aryl methyl sites for hydroxylation is 1. The Morgan fingerprint density at radius 1 is 1.29 bits per heavy atom. The number of nitrogens with zero attached hydrogens (tertiary/aromatic N) is 2. The summed E-state index contributed by atoms with van der Waals surface area (Å²) >= 11 is 4.37. The number of esters is 1. The monoisotopic (exact) mass is 519 g/mol. The number of halogens is 4. The van der Waals surface area contributed by atoms with Gasteiger partial charge in [-0.2, -0.15) is 18.3 Å². The van der Waals surface area contributed by atoms with E-state index in [4.69, 9.17) is 4.74 Å². The van der Waals surface area contributed by atoms with Crippen molar-refractivity contribution in [3.8, 4) is 0 Å². The predicted octanol–water partition coefficient (Wildman–Crippen LogP) is 5.30. The molecule has 11 heteroatoms. The van der Waals surface area contributed by atoms with Crippen LogP contribution in [-0.4, -0.2) is 28.3 Å². The van der Waals surface area contributed by atoms with Crippen molar-refractivity contribution in [1.82, 2.24) is 9.78 Å². The molecule has 0 radical (unpaired) electrons. The smallest absolute Gasteiger partial charge is 0.436 e. The lowest BCUT2D eigenvalue weighted by atomic mass is 9.95. The van der Waals surface area contributed by atoms with Gasteiger partial charge in [0.25, 0.3) is 0 Å². The molecular formula is C20H21BrF3N3O3S. The van der Waals surface area contributed by atoms with Crippen molar-refractivity contribution in [2.75, 3.05) is 11.9 Å². The van der Waals surface area contributed by atoms with Gasteiger partial charge in [0.05, 0.1) is 22.3 Å². The first-order valence-electron chi connectivity index (χ1n) is 10.2. The van der Waals surface area contributed by atoms with E-state index in [-0.39, 0.29) is 23.5 Å². The lowest BCUT2D eigenvalue weighted by Gasteiger charge is -2.12. The molecule has 6 nitrogen and oxygen atoms in total. The van der Waals surface area contributed by atoms with Gasteiger partial charge in [-0.05, 0) is 66.9 Å². The van der Waals surface area contributed by atoms with Crippen LogP contribution in [0.4, 0.5) is 18.2 Å². The summed E-state index contributed by atoms with van der Waals surface area (Å²) in [6.45, 7) is 1.55. The zero-order valence-electron chi connectivity index (χ0n) is 16.8. The van der Waals surface area contributed by atoms with Crippen LogP contribution >= 0.6 is 27.3 Å². The van der Waals surface area contributed by atoms with E-state index in [2.05, 4.69) is 26.3 Å². The minimum Gasteiger partial charge on any atom is -0.462 e. The van der Waals surface area contributed by atoms with E-state index >= 15 is 0 Å². The summed E-state index contributed by atoms with van der Waals surface area (Å²) in [5.74, 6) is -1.07. The lowest BCUT2D eigenvalue weighted by Crippen LogP contribution is -2.22. The second kappa shape index (κ2) is 8.57. The van der Waals surface area contributed by atoms with E-state index in [1.807, 2.05) is 0 Å². The van der Waals surface area contributed by atoms with Crippen molar-refractivity contribution in [2.24, 2.45) is 0 Å². The van der Waals surface area contributed by atoms with Crippen LogP contribution in [0.15, 0.2) is 4.47 Å². The van der Waals surface area contributed by atoms with Gasteiger partial charge in [-0.15, -0.1) is 11.3 Å². The van der Waals surface area contributed by atoms with Gasteiger partial charge >= 0.3 is 12.1 Å². The van der Waals surface area contributed by atoms with Crippen molar-refractivity contribution in [2.45, 2.75) is 64.1 Å². The van der Waals surface area contributed by atoms with Crippen molar-refractivity contribution in [1.29, 1.82) is 0 Å². The van der Waals surface area contributed by atoms with Crippen molar-refractivity contribution < 1.29 is 27.5 Å². The summed E-state index contributed by atoms with van der Waals surface area (Å²) in [5.41, 5.74) is 0.638. The molecule has 0 atom stereocenters. The molecule has 4 rings (SSSR count).